The van der Waals surface area contributed by atoms with Gasteiger partial charge in [0.1, 0.15) is 10.4 Å². The Labute approximate surface area is 118 Å². The summed E-state index contributed by atoms with van der Waals surface area (Å²) in [7, 11) is 3.94. The second-order valence-corrected chi connectivity index (χ2v) is 6.40. The van der Waals surface area contributed by atoms with Crippen LogP contribution in [0.2, 0.25) is 4.34 Å². The fourth-order valence-corrected chi connectivity index (χ4v) is 3.10. The molecule has 0 saturated heterocycles. The Morgan fingerprint density at radius 2 is 2.35 bits per heavy atom. The van der Waals surface area contributed by atoms with Crippen molar-refractivity contribution in [2.24, 2.45) is 5.73 Å². The van der Waals surface area contributed by atoms with Crippen molar-refractivity contribution in [2.75, 3.05) is 27.2 Å². The van der Waals surface area contributed by atoms with Crippen molar-refractivity contribution < 1.29 is 4.79 Å². The van der Waals surface area contributed by atoms with Crippen molar-refractivity contribution in [1.82, 2.24) is 10.2 Å². The molecule has 1 unspecified atom stereocenters. The van der Waals surface area contributed by atoms with Crippen LogP contribution in [-0.2, 0) is 4.79 Å². The predicted octanol–water partition coefficient (Wildman–Crippen LogP) is 1.84. The molecule has 17 heavy (non-hydrogen) atoms. The molecule has 4 nitrogen and oxygen atoms in total. The third-order valence-electron chi connectivity index (χ3n) is 2.14. The van der Waals surface area contributed by atoms with Crippen LogP contribution in [0, 0.1) is 0 Å². The average Bonchev–Trinajstić information content (AvgIpc) is 2.53. The van der Waals surface area contributed by atoms with E-state index in [0.29, 0.717) is 10.9 Å². The number of hydrogen-bond donors (Lipinski definition) is 2. The lowest BCUT2D eigenvalue weighted by Gasteiger charge is -2.16. The van der Waals surface area contributed by atoms with Crippen molar-refractivity contribution >= 4 is 44.8 Å². The number of carbonyl (C=O) groups excluding carboxylic acids is 1. The number of carbonyl (C=O) groups is 1. The quantitative estimate of drug-likeness (QED) is 0.831. The minimum Gasteiger partial charge on any atom is -0.368 e. The highest BCUT2D eigenvalue weighted by Crippen LogP contribution is 2.35. The third kappa shape index (κ3) is 4.56. The second kappa shape index (κ2) is 6.70. The molecule has 1 atom stereocenters. The van der Waals surface area contributed by atoms with E-state index in [0.717, 1.165) is 15.9 Å². The van der Waals surface area contributed by atoms with Crippen molar-refractivity contribution in [3.63, 3.8) is 0 Å². The predicted molar refractivity (Wildman–Crippen MR) is 75.5 cm³/mol. The summed E-state index contributed by atoms with van der Waals surface area (Å²) in [6.45, 7) is 1.53. The molecule has 0 aliphatic rings. The number of rotatable bonds is 6. The molecule has 3 N–H and O–H groups in total. The topological polar surface area (TPSA) is 58.4 Å². The highest BCUT2D eigenvalue weighted by atomic mass is 79.9. The van der Waals surface area contributed by atoms with Gasteiger partial charge in [0.25, 0.3) is 0 Å². The summed E-state index contributed by atoms with van der Waals surface area (Å²) in [5.41, 5.74) is 5.38. The van der Waals surface area contributed by atoms with Gasteiger partial charge in [0, 0.05) is 22.4 Å². The molecular formula is C10H15BrClN3OS. The van der Waals surface area contributed by atoms with Gasteiger partial charge in [-0.25, -0.2) is 0 Å². The van der Waals surface area contributed by atoms with E-state index in [9.17, 15) is 4.79 Å². The van der Waals surface area contributed by atoms with Gasteiger partial charge in [0.15, 0.2) is 0 Å². The second-order valence-electron chi connectivity index (χ2n) is 3.86. The summed E-state index contributed by atoms with van der Waals surface area (Å²) >= 11 is 10.6. The van der Waals surface area contributed by atoms with Crippen LogP contribution in [0.4, 0.5) is 0 Å². The number of nitrogens with zero attached hydrogens (tertiary/aromatic N) is 1. The van der Waals surface area contributed by atoms with E-state index >= 15 is 0 Å². The number of nitrogens with one attached hydrogen (secondary N) is 1. The number of amides is 1. The van der Waals surface area contributed by atoms with Crippen LogP contribution < -0.4 is 11.1 Å². The molecule has 0 radical (unpaired) electrons. The number of thiophene rings is 1. The average molecular weight is 341 g/mol. The van der Waals surface area contributed by atoms with Crippen molar-refractivity contribution in [3.05, 3.63) is 19.8 Å². The Bertz CT molecular complexity index is 377. The summed E-state index contributed by atoms with van der Waals surface area (Å²) in [4.78, 5) is 14.2. The molecule has 0 saturated carbocycles. The molecule has 1 heterocycles. The fourth-order valence-electron chi connectivity index (χ4n) is 1.28. The van der Waals surface area contributed by atoms with E-state index in [1.807, 2.05) is 25.1 Å². The summed E-state index contributed by atoms with van der Waals surface area (Å²) in [6.07, 6.45) is 0. The highest BCUT2D eigenvalue weighted by Gasteiger charge is 2.20. The van der Waals surface area contributed by atoms with Gasteiger partial charge < -0.3 is 16.0 Å². The molecule has 96 valence electrons. The first-order chi connectivity index (χ1) is 7.91. The molecule has 1 amide bonds. The van der Waals surface area contributed by atoms with E-state index in [2.05, 4.69) is 21.2 Å². The van der Waals surface area contributed by atoms with Gasteiger partial charge in [0.05, 0.1) is 0 Å². The van der Waals surface area contributed by atoms with E-state index < -0.39 is 11.9 Å². The maximum absolute atomic E-state index is 11.4. The zero-order valence-corrected chi connectivity index (χ0v) is 12.8. The van der Waals surface area contributed by atoms with Gasteiger partial charge in [-0.1, -0.05) is 11.6 Å². The summed E-state index contributed by atoms with van der Waals surface area (Å²) in [5.74, 6) is -0.394. The standard InChI is InChI=1S/C10H15BrClN3OS/c1-15(2)4-3-14-8(10(13)16)7-5-6(11)9(12)17-7/h5,8,14H,3-4H2,1-2H3,(H2,13,16). The minimum atomic E-state index is -0.483. The molecule has 0 bridgehead atoms. The van der Waals surface area contributed by atoms with Crippen molar-refractivity contribution in [1.29, 1.82) is 0 Å². The number of halogens is 2. The largest absolute Gasteiger partial charge is 0.368 e. The van der Waals surface area contributed by atoms with E-state index in [-0.39, 0.29) is 0 Å². The number of nitrogens with two attached hydrogens (primary N) is 1. The van der Waals surface area contributed by atoms with Crippen LogP contribution in [0.25, 0.3) is 0 Å². The molecule has 0 fully saturated rings. The van der Waals surface area contributed by atoms with Gasteiger partial charge >= 0.3 is 0 Å². The molecule has 1 aromatic heterocycles. The summed E-state index contributed by atoms with van der Waals surface area (Å²) in [6, 6.07) is 1.34. The molecule has 0 spiro atoms. The van der Waals surface area contributed by atoms with Crippen LogP contribution in [0.5, 0.6) is 0 Å². The Morgan fingerprint density at radius 3 is 2.76 bits per heavy atom. The Kier molecular flexibility index (Phi) is 5.88. The first-order valence-electron chi connectivity index (χ1n) is 5.04. The Balaban J connectivity index is 2.69. The van der Waals surface area contributed by atoms with Crippen molar-refractivity contribution in [2.45, 2.75) is 6.04 Å². The molecule has 1 rings (SSSR count). The monoisotopic (exact) mass is 339 g/mol. The SMILES string of the molecule is CN(C)CCNC(C(N)=O)c1cc(Br)c(Cl)s1. The number of hydrogen-bond acceptors (Lipinski definition) is 4. The maximum atomic E-state index is 11.4. The molecule has 0 aromatic carbocycles. The molecule has 0 aliphatic carbocycles. The summed E-state index contributed by atoms with van der Waals surface area (Å²) < 4.78 is 1.42. The highest BCUT2D eigenvalue weighted by molar-refractivity contribution is 9.10. The van der Waals surface area contributed by atoms with E-state index in [4.69, 9.17) is 17.3 Å². The zero-order valence-electron chi connectivity index (χ0n) is 9.67. The van der Waals surface area contributed by atoms with Crippen LogP contribution in [-0.4, -0.2) is 38.0 Å². The van der Waals surface area contributed by atoms with Gasteiger partial charge in [-0.15, -0.1) is 11.3 Å². The van der Waals surface area contributed by atoms with Crippen LogP contribution >= 0.6 is 38.9 Å². The molecule has 1 aromatic rings. The first kappa shape index (κ1) is 14.9. The first-order valence-corrected chi connectivity index (χ1v) is 7.02. The lowest BCUT2D eigenvalue weighted by atomic mass is 10.2. The zero-order chi connectivity index (χ0) is 13.0. The molecule has 7 heteroatoms. The van der Waals surface area contributed by atoms with E-state index in [1.165, 1.54) is 11.3 Å². The normalized spacial score (nSPS) is 13.0. The Morgan fingerprint density at radius 1 is 1.71 bits per heavy atom. The number of likely N-dealkylation sites (N-methyl/N-ethyl adjacent to an activating group) is 1. The minimum absolute atomic E-state index is 0.394. The summed E-state index contributed by atoms with van der Waals surface area (Å²) in [5, 5.41) is 3.12. The van der Waals surface area contributed by atoms with Gasteiger partial charge in [0.2, 0.25) is 5.91 Å². The Hall–Kier alpha value is -0.140. The fraction of sp³-hybridized carbons (Fsp3) is 0.500. The maximum Gasteiger partial charge on any atom is 0.239 e. The third-order valence-corrected chi connectivity index (χ3v) is 4.68. The van der Waals surface area contributed by atoms with Gasteiger partial charge in [-0.05, 0) is 36.1 Å². The number of primary amides is 1. The van der Waals surface area contributed by atoms with Crippen LogP contribution in [0.3, 0.4) is 0 Å². The van der Waals surface area contributed by atoms with E-state index in [1.54, 1.807) is 0 Å². The molecular weight excluding hydrogens is 326 g/mol. The lowest BCUT2D eigenvalue weighted by molar-refractivity contribution is -0.120. The smallest absolute Gasteiger partial charge is 0.239 e. The van der Waals surface area contributed by atoms with Crippen molar-refractivity contribution in [3.8, 4) is 0 Å². The van der Waals surface area contributed by atoms with Crippen LogP contribution in [0.1, 0.15) is 10.9 Å². The van der Waals surface area contributed by atoms with Gasteiger partial charge in [-0.3, -0.25) is 4.79 Å². The van der Waals surface area contributed by atoms with Gasteiger partial charge in [-0.2, -0.15) is 0 Å². The van der Waals surface area contributed by atoms with Crippen LogP contribution in [0.15, 0.2) is 10.5 Å². The lowest BCUT2D eigenvalue weighted by Crippen LogP contribution is -2.36. The molecule has 0 aliphatic heterocycles.